The summed E-state index contributed by atoms with van der Waals surface area (Å²) in [4.78, 5) is 9.49. The second-order valence-corrected chi connectivity index (χ2v) is 7.44. The normalized spacial score (nSPS) is 18.6. The average Bonchev–Trinajstić information content (AvgIpc) is 2.87. The molecule has 1 aromatic carbocycles. The number of aromatic nitrogens is 1. The van der Waals surface area contributed by atoms with Gasteiger partial charge < -0.3 is 4.74 Å². The van der Waals surface area contributed by atoms with Crippen LogP contribution in [-0.2, 0) is 6.54 Å². The standard InChI is InChI=1S/C21H24ClN3O/c22-19-5-6-21-18(13-19)12-17(16-26-21)14-24-8-3-9-25(11-10-24)15-20-4-1-2-7-23-20/h1-2,4-7,12-13H,3,8-11,14-16H2. The second kappa shape index (κ2) is 8.21. The highest BCUT2D eigenvalue weighted by molar-refractivity contribution is 6.30. The number of hydrogen-bond acceptors (Lipinski definition) is 4. The molecule has 4 nitrogen and oxygen atoms in total. The van der Waals surface area contributed by atoms with E-state index in [-0.39, 0.29) is 0 Å². The molecule has 5 heteroatoms. The van der Waals surface area contributed by atoms with E-state index in [4.69, 9.17) is 16.3 Å². The number of nitrogens with zero attached hydrogens (tertiary/aromatic N) is 3. The zero-order valence-corrected chi connectivity index (χ0v) is 15.7. The first-order valence-corrected chi connectivity index (χ1v) is 9.60. The zero-order chi connectivity index (χ0) is 17.8. The molecule has 0 atom stereocenters. The van der Waals surface area contributed by atoms with Crippen molar-refractivity contribution in [1.29, 1.82) is 0 Å². The molecule has 2 aliphatic rings. The molecular formula is C21H24ClN3O. The predicted molar refractivity (Wildman–Crippen MR) is 105 cm³/mol. The molecule has 136 valence electrons. The largest absolute Gasteiger partial charge is 0.489 e. The van der Waals surface area contributed by atoms with Gasteiger partial charge in [0.05, 0.1) is 5.69 Å². The smallest absolute Gasteiger partial charge is 0.127 e. The van der Waals surface area contributed by atoms with Crippen molar-refractivity contribution < 1.29 is 4.74 Å². The Morgan fingerprint density at radius 1 is 1.00 bits per heavy atom. The Morgan fingerprint density at radius 3 is 2.65 bits per heavy atom. The third-order valence-corrected chi connectivity index (χ3v) is 5.20. The van der Waals surface area contributed by atoms with Gasteiger partial charge in [-0.15, -0.1) is 0 Å². The number of rotatable bonds is 4. The van der Waals surface area contributed by atoms with Crippen molar-refractivity contribution in [3.63, 3.8) is 0 Å². The first kappa shape index (κ1) is 17.5. The molecule has 1 fully saturated rings. The zero-order valence-electron chi connectivity index (χ0n) is 14.9. The minimum atomic E-state index is 0.669. The molecule has 0 radical (unpaired) electrons. The molecule has 0 spiro atoms. The van der Waals surface area contributed by atoms with Crippen LogP contribution in [-0.4, -0.2) is 54.1 Å². The van der Waals surface area contributed by atoms with Gasteiger partial charge in [0.1, 0.15) is 12.4 Å². The predicted octanol–water partition coefficient (Wildman–Crippen LogP) is 3.72. The number of pyridine rings is 1. The SMILES string of the molecule is Clc1ccc2c(c1)C=C(CN1CCCN(Cc3ccccn3)CC1)CO2. The van der Waals surface area contributed by atoms with Gasteiger partial charge in [-0.3, -0.25) is 14.8 Å². The van der Waals surface area contributed by atoms with Crippen molar-refractivity contribution in [3.05, 3.63) is 64.4 Å². The summed E-state index contributed by atoms with van der Waals surface area (Å²) >= 11 is 6.11. The Bertz CT molecular complexity index is 778. The van der Waals surface area contributed by atoms with Crippen LogP contribution in [0.5, 0.6) is 5.75 Å². The van der Waals surface area contributed by atoms with Crippen LogP contribution in [0.25, 0.3) is 6.08 Å². The van der Waals surface area contributed by atoms with Gasteiger partial charge in [0.25, 0.3) is 0 Å². The van der Waals surface area contributed by atoms with Crippen molar-refractivity contribution in [2.75, 3.05) is 39.3 Å². The molecule has 26 heavy (non-hydrogen) atoms. The maximum absolute atomic E-state index is 6.11. The maximum Gasteiger partial charge on any atom is 0.127 e. The third kappa shape index (κ3) is 4.44. The molecule has 3 heterocycles. The van der Waals surface area contributed by atoms with Crippen LogP contribution in [0.1, 0.15) is 17.7 Å². The lowest BCUT2D eigenvalue weighted by Gasteiger charge is -2.25. The lowest BCUT2D eigenvalue weighted by atomic mass is 10.1. The number of benzene rings is 1. The molecule has 0 aliphatic carbocycles. The molecule has 0 unspecified atom stereocenters. The molecule has 2 aromatic rings. The van der Waals surface area contributed by atoms with E-state index in [1.807, 2.05) is 30.5 Å². The van der Waals surface area contributed by atoms with Gasteiger partial charge in [0.15, 0.2) is 0 Å². The molecule has 2 aliphatic heterocycles. The molecule has 0 saturated carbocycles. The maximum atomic E-state index is 6.11. The van der Waals surface area contributed by atoms with E-state index in [0.717, 1.165) is 61.3 Å². The molecule has 0 amide bonds. The Hall–Kier alpha value is -1.88. The summed E-state index contributed by atoms with van der Waals surface area (Å²) in [6.45, 7) is 6.97. The lowest BCUT2D eigenvalue weighted by molar-refractivity contribution is 0.251. The van der Waals surface area contributed by atoms with E-state index in [9.17, 15) is 0 Å². The van der Waals surface area contributed by atoms with Gasteiger partial charge in [-0.2, -0.15) is 0 Å². The van der Waals surface area contributed by atoms with Gasteiger partial charge in [0, 0.05) is 43.0 Å². The molecule has 1 saturated heterocycles. The van der Waals surface area contributed by atoms with Crippen LogP contribution in [0.2, 0.25) is 5.02 Å². The first-order valence-electron chi connectivity index (χ1n) is 9.23. The fraction of sp³-hybridized carbons (Fsp3) is 0.381. The lowest BCUT2D eigenvalue weighted by Crippen LogP contribution is -2.33. The Kier molecular flexibility index (Phi) is 5.54. The third-order valence-electron chi connectivity index (χ3n) is 4.96. The Labute approximate surface area is 160 Å². The summed E-state index contributed by atoms with van der Waals surface area (Å²) in [5.41, 5.74) is 3.56. The second-order valence-electron chi connectivity index (χ2n) is 7.00. The summed E-state index contributed by atoms with van der Waals surface area (Å²) in [5, 5.41) is 0.754. The van der Waals surface area contributed by atoms with Crippen LogP contribution in [0.4, 0.5) is 0 Å². The van der Waals surface area contributed by atoms with Crippen LogP contribution in [0.3, 0.4) is 0 Å². The van der Waals surface area contributed by atoms with E-state index in [1.54, 1.807) is 0 Å². The van der Waals surface area contributed by atoms with Crippen molar-refractivity contribution in [2.45, 2.75) is 13.0 Å². The van der Waals surface area contributed by atoms with Crippen LogP contribution in [0.15, 0.2) is 48.2 Å². The topological polar surface area (TPSA) is 28.6 Å². The molecule has 1 aromatic heterocycles. The monoisotopic (exact) mass is 369 g/mol. The van der Waals surface area contributed by atoms with E-state index in [2.05, 4.69) is 33.0 Å². The summed E-state index contributed by atoms with van der Waals surface area (Å²) in [6.07, 6.45) is 5.30. The minimum Gasteiger partial charge on any atom is -0.489 e. The van der Waals surface area contributed by atoms with Gasteiger partial charge in [-0.25, -0.2) is 0 Å². The summed E-state index contributed by atoms with van der Waals surface area (Å²) < 4.78 is 5.89. The number of halogens is 1. The number of fused-ring (bicyclic) bond motifs is 1. The van der Waals surface area contributed by atoms with Gasteiger partial charge in [0.2, 0.25) is 0 Å². The number of ether oxygens (including phenoxy) is 1. The fourth-order valence-corrected chi connectivity index (χ4v) is 3.82. The van der Waals surface area contributed by atoms with E-state index in [1.165, 1.54) is 12.0 Å². The summed E-state index contributed by atoms with van der Waals surface area (Å²) in [6, 6.07) is 11.9. The number of hydrogen-bond donors (Lipinski definition) is 0. The molecule has 0 N–H and O–H groups in total. The summed E-state index contributed by atoms with van der Waals surface area (Å²) in [5.74, 6) is 0.926. The molecule has 4 rings (SSSR count). The van der Waals surface area contributed by atoms with E-state index >= 15 is 0 Å². The van der Waals surface area contributed by atoms with Crippen molar-refractivity contribution >= 4 is 17.7 Å². The van der Waals surface area contributed by atoms with Crippen LogP contribution >= 0.6 is 11.6 Å². The highest BCUT2D eigenvalue weighted by atomic mass is 35.5. The Balaban J connectivity index is 1.35. The fourth-order valence-electron chi connectivity index (χ4n) is 3.64. The first-order chi connectivity index (χ1) is 12.8. The van der Waals surface area contributed by atoms with Gasteiger partial charge >= 0.3 is 0 Å². The average molecular weight is 370 g/mol. The van der Waals surface area contributed by atoms with Crippen LogP contribution < -0.4 is 4.74 Å². The quantitative estimate of drug-likeness (QED) is 0.821. The van der Waals surface area contributed by atoms with Gasteiger partial charge in [-0.05, 0) is 61.5 Å². The molecular weight excluding hydrogens is 346 g/mol. The van der Waals surface area contributed by atoms with Crippen molar-refractivity contribution in [2.24, 2.45) is 0 Å². The van der Waals surface area contributed by atoms with Crippen molar-refractivity contribution in [3.8, 4) is 5.75 Å². The summed E-state index contributed by atoms with van der Waals surface area (Å²) in [7, 11) is 0. The Morgan fingerprint density at radius 2 is 1.85 bits per heavy atom. The highest BCUT2D eigenvalue weighted by Gasteiger charge is 2.18. The minimum absolute atomic E-state index is 0.669. The van der Waals surface area contributed by atoms with E-state index < -0.39 is 0 Å². The molecule has 0 bridgehead atoms. The van der Waals surface area contributed by atoms with Crippen molar-refractivity contribution in [1.82, 2.24) is 14.8 Å². The highest BCUT2D eigenvalue weighted by Crippen LogP contribution is 2.29. The van der Waals surface area contributed by atoms with Crippen LogP contribution in [0, 0.1) is 0 Å². The van der Waals surface area contributed by atoms with E-state index in [0.29, 0.717) is 6.61 Å². The van der Waals surface area contributed by atoms with Gasteiger partial charge in [-0.1, -0.05) is 17.7 Å².